The van der Waals surface area contributed by atoms with Gasteiger partial charge in [0.2, 0.25) is 0 Å². The topological polar surface area (TPSA) is 71.9 Å². The SMILES string of the molecule is COc1cccc(OC)c1C(c1ccnc2ccccc12)N1CCCC1C(=O)O. The number of aliphatic carboxylic acids is 1. The van der Waals surface area contributed by atoms with Crippen molar-refractivity contribution in [3.8, 4) is 11.5 Å². The minimum absolute atomic E-state index is 0.336. The number of hydrogen-bond donors (Lipinski definition) is 1. The Morgan fingerprint density at radius 1 is 1.10 bits per heavy atom. The molecule has 0 amide bonds. The van der Waals surface area contributed by atoms with E-state index in [0.29, 0.717) is 24.5 Å². The number of benzene rings is 2. The number of nitrogens with zero attached hydrogens (tertiary/aromatic N) is 2. The van der Waals surface area contributed by atoms with Crippen molar-refractivity contribution >= 4 is 16.9 Å². The second-order valence-electron chi connectivity index (χ2n) is 7.13. The maximum atomic E-state index is 12.0. The molecular formula is C23H24N2O4. The van der Waals surface area contributed by atoms with Gasteiger partial charge in [-0.2, -0.15) is 0 Å². The first-order chi connectivity index (χ1) is 14.2. The molecule has 150 valence electrons. The number of aromatic nitrogens is 1. The fraction of sp³-hybridized carbons (Fsp3) is 0.304. The first kappa shape index (κ1) is 19.2. The lowest BCUT2D eigenvalue weighted by molar-refractivity contribution is -0.142. The quantitative estimate of drug-likeness (QED) is 0.686. The van der Waals surface area contributed by atoms with Gasteiger partial charge in [0, 0.05) is 18.1 Å². The van der Waals surface area contributed by atoms with Crippen LogP contribution in [0.5, 0.6) is 11.5 Å². The van der Waals surface area contributed by atoms with Crippen molar-refractivity contribution in [1.82, 2.24) is 9.88 Å². The standard InChI is InChI=1S/C23H24N2O4/c1-28-19-10-5-11-20(29-2)21(19)22(25-14-6-9-18(25)23(26)27)16-12-13-24-17-8-4-3-7-15(16)17/h3-5,7-8,10-13,18,22H,6,9,14H2,1-2H3,(H,26,27). The highest BCUT2D eigenvalue weighted by Crippen LogP contribution is 2.45. The maximum absolute atomic E-state index is 12.0. The molecule has 2 unspecified atom stereocenters. The fourth-order valence-electron chi connectivity index (χ4n) is 4.37. The molecule has 0 saturated carbocycles. The second kappa shape index (κ2) is 8.09. The highest BCUT2D eigenvalue weighted by Gasteiger charge is 2.39. The summed E-state index contributed by atoms with van der Waals surface area (Å²) in [6.45, 7) is 0.680. The van der Waals surface area contributed by atoms with E-state index in [-0.39, 0.29) is 6.04 Å². The molecule has 6 heteroatoms. The summed E-state index contributed by atoms with van der Waals surface area (Å²) in [5.74, 6) is 0.539. The average molecular weight is 392 g/mol. The number of rotatable bonds is 6. The number of pyridine rings is 1. The van der Waals surface area contributed by atoms with Gasteiger partial charge in [-0.05, 0) is 42.7 Å². The molecule has 6 nitrogen and oxygen atoms in total. The summed E-state index contributed by atoms with van der Waals surface area (Å²) in [5.41, 5.74) is 2.70. The molecule has 1 N–H and O–H groups in total. The van der Waals surface area contributed by atoms with Crippen LogP contribution in [0.4, 0.5) is 0 Å². The molecule has 1 saturated heterocycles. The van der Waals surface area contributed by atoms with Crippen LogP contribution in [0.3, 0.4) is 0 Å². The normalized spacial score (nSPS) is 17.9. The number of carboxylic acids is 1. The molecule has 2 atom stereocenters. The zero-order valence-electron chi connectivity index (χ0n) is 16.5. The monoisotopic (exact) mass is 392 g/mol. The Morgan fingerprint density at radius 2 is 1.83 bits per heavy atom. The van der Waals surface area contributed by atoms with Gasteiger partial charge in [0.25, 0.3) is 0 Å². The van der Waals surface area contributed by atoms with E-state index in [1.807, 2.05) is 53.4 Å². The smallest absolute Gasteiger partial charge is 0.320 e. The van der Waals surface area contributed by atoms with E-state index in [4.69, 9.17) is 9.47 Å². The number of carbonyl (C=O) groups is 1. The Bertz CT molecular complexity index is 1010. The number of carboxylic acid groups (broad SMARTS) is 1. The molecule has 0 bridgehead atoms. The molecule has 1 aliphatic heterocycles. The Hall–Kier alpha value is -3.12. The fourth-order valence-corrected chi connectivity index (χ4v) is 4.37. The van der Waals surface area contributed by atoms with E-state index in [9.17, 15) is 9.90 Å². The van der Waals surface area contributed by atoms with Crippen LogP contribution in [0.15, 0.2) is 54.7 Å². The van der Waals surface area contributed by atoms with Crippen molar-refractivity contribution in [2.24, 2.45) is 0 Å². The molecular weight excluding hydrogens is 368 g/mol. The lowest BCUT2D eigenvalue weighted by Gasteiger charge is -2.34. The maximum Gasteiger partial charge on any atom is 0.320 e. The van der Waals surface area contributed by atoms with E-state index in [0.717, 1.165) is 28.5 Å². The van der Waals surface area contributed by atoms with E-state index in [1.165, 1.54) is 0 Å². The highest BCUT2D eigenvalue weighted by atomic mass is 16.5. The third-order valence-electron chi connectivity index (χ3n) is 5.63. The van der Waals surface area contributed by atoms with Gasteiger partial charge in [-0.3, -0.25) is 14.7 Å². The van der Waals surface area contributed by atoms with Gasteiger partial charge in [-0.15, -0.1) is 0 Å². The predicted molar refractivity (Wildman–Crippen MR) is 110 cm³/mol. The van der Waals surface area contributed by atoms with Crippen molar-refractivity contribution in [3.05, 3.63) is 65.9 Å². The summed E-state index contributed by atoms with van der Waals surface area (Å²) in [6, 6.07) is 14.6. The lowest BCUT2D eigenvalue weighted by atomic mass is 9.92. The van der Waals surface area contributed by atoms with Crippen LogP contribution in [0.1, 0.15) is 30.0 Å². The van der Waals surface area contributed by atoms with Gasteiger partial charge < -0.3 is 14.6 Å². The first-order valence-corrected chi connectivity index (χ1v) is 9.68. The van der Waals surface area contributed by atoms with Gasteiger partial charge in [0.1, 0.15) is 17.5 Å². The minimum Gasteiger partial charge on any atom is -0.496 e. The number of likely N-dealkylation sites (tertiary alicyclic amines) is 1. The van der Waals surface area contributed by atoms with Crippen molar-refractivity contribution in [3.63, 3.8) is 0 Å². The van der Waals surface area contributed by atoms with Crippen LogP contribution in [-0.4, -0.2) is 47.8 Å². The van der Waals surface area contributed by atoms with Crippen LogP contribution in [0.2, 0.25) is 0 Å². The zero-order valence-corrected chi connectivity index (χ0v) is 16.5. The van der Waals surface area contributed by atoms with Crippen molar-refractivity contribution < 1.29 is 19.4 Å². The largest absolute Gasteiger partial charge is 0.496 e. The van der Waals surface area contributed by atoms with E-state index in [1.54, 1.807) is 20.4 Å². The molecule has 29 heavy (non-hydrogen) atoms. The molecule has 3 aromatic rings. The summed E-state index contributed by atoms with van der Waals surface area (Å²) in [6.07, 6.45) is 3.22. The summed E-state index contributed by atoms with van der Waals surface area (Å²) in [7, 11) is 3.25. The van der Waals surface area contributed by atoms with Gasteiger partial charge in [-0.25, -0.2) is 0 Å². The third-order valence-corrected chi connectivity index (χ3v) is 5.63. The molecule has 1 aliphatic rings. The Morgan fingerprint density at radius 3 is 2.52 bits per heavy atom. The van der Waals surface area contributed by atoms with E-state index < -0.39 is 12.0 Å². The summed E-state index contributed by atoms with van der Waals surface area (Å²) in [4.78, 5) is 18.6. The molecule has 0 aliphatic carbocycles. The van der Waals surface area contributed by atoms with Crippen LogP contribution in [0, 0.1) is 0 Å². The molecule has 2 aromatic carbocycles. The predicted octanol–water partition coefficient (Wildman–Crippen LogP) is 3.89. The molecule has 0 radical (unpaired) electrons. The van der Waals surface area contributed by atoms with Gasteiger partial charge >= 0.3 is 5.97 Å². The molecule has 1 fully saturated rings. The van der Waals surface area contributed by atoms with Crippen molar-refractivity contribution in [2.45, 2.75) is 24.9 Å². The van der Waals surface area contributed by atoms with Gasteiger partial charge in [-0.1, -0.05) is 24.3 Å². The summed E-state index contributed by atoms with van der Waals surface area (Å²) < 4.78 is 11.4. The van der Waals surface area contributed by atoms with Crippen molar-refractivity contribution in [1.29, 1.82) is 0 Å². The van der Waals surface area contributed by atoms with Crippen LogP contribution in [-0.2, 0) is 4.79 Å². The Labute approximate surface area is 169 Å². The molecule has 0 spiro atoms. The zero-order chi connectivity index (χ0) is 20.4. The van der Waals surface area contributed by atoms with Crippen molar-refractivity contribution in [2.75, 3.05) is 20.8 Å². The minimum atomic E-state index is -0.806. The Kier molecular flexibility index (Phi) is 5.36. The number of para-hydroxylation sites is 1. The van der Waals surface area contributed by atoms with Crippen LogP contribution >= 0.6 is 0 Å². The number of fused-ring (bicyclic) bond motifs is 1. The summed E-state index contributed by atoms with van der Waals surface area (Å²) >= 11 is 0. The summed E-state index contributed by atoms with van der Waals surface area (Å²) in [5, 5.41) is 10.9. The molecule has 1 aromatic heterocycles. The number of ether oxygens (including phenoxy) is 2. The molecule has 4 rings (SSSR count). The van der Waals surface area contributed by atoms with E-state index >= 15 is 0 Å². The highest BCUT2D eigenvalue weighted by molar-refractivity contribution is 5.83. The third kappa shape index (κ3) is 3.40. The lowest BCUT2D eigenvalue weighted by Crippen LogP contribution is -2.39. The van der Waals surface area contributed by atoms with Crippen LogP contribution in [0.25, 0.3) is 10.9 Å². The van der Waals surface area contributed by atoms with Crippen LogP contribution < -0.4 is 9.47 Å². The number of hydrogen-bond acceptors (Lipinski definition) is 5. The average Bonchev–Trinajstić information content (AvgIpc) is 3.24. The second-order valence-corrected chi connectivity index (χ2v) is 7.13. The van der Waals surface area contributed by atoms with Gasteiger partial charge in [0.05, 0.1) is 31.3 Å². The van der Waals surface area contributed by atoms with E-state index in [2.05, 4.69) is 4.98 Å². The van der Waals surface area contributed by atoms with Gasteiger partial charge in [0.15, 0.2) is 0 Å². The number of methoxy groups -OCH3 is 2. The Balaban J connectivity index is 2.00. The molecule has 2 heterocycles. The first-order valence-electron chi connectivity index (χ1n) is 9.68.